The number of H-pyrrole nitrogens is 1. The molecule has 1 saturated heterocycles. The summed E-state index contributed by atoms with van der Waals surface area (Å²) in [6, 6.07) is 4.49. The van der Waals surface area contributed by atoms with Gasteiger partial charge in [-0.15, -0.1) is 0 Å². The van der Waals surface area contributed by atoms with Crippen molar-refractivity contribution in [2.24, 2.45) is 7.05 Å². The van der Waals surface area contributed by atoms with Gasteiger partial charge < -0.3 is 14.5 Å². The van der Waals surface area contributed by atoms with Crippen LogP contribution in [-0.4, -0.2) is 42.4 Å². The van der Waals surface area contributed by atoms with Crippen molar-refractivity contribution in [1.29, 1.82) is 0 Å². The summed E-state index contributed by atoms with van der Waals surface area (Å²) in [5.41, 5.74) is 3.29. The number of hydrogen-bond acceptors (Lipinski definition) is 3. The number of nitrogens with zero attached hydrogens (tertiary/aromatic N) is 4. The smallest absolute Gasteiger partial charge is 0.270 e. The second kappa shape index (κ2) is 5.47. The van der Waals surface area contributed by atoms with Gasteiger partial charge in [0.05, 0.1) is 5.69 Å². The average molecular weight is 323 g/mol. The van der Waals surface area contributed by atoms with E-state index in [-0.39, 0.29) is 5.91 Å². The summed E-state index contributed by atoms with van der Waals surface area (Å²) < 4.78 is 1.90. The molecule has 0 radical (unpaired) electrons. The molecule has 4 heterocycles. The summed E-state index contributed by atoms with van der Waals surface area (Å²) in [5, 5.41) is 0.963. The fourth-order valence-corrected chi connectivity index (χ4v) is 3.74. The van der Waals surface area contributed by atoms with E-state index in [2.05, 4.69) is 28.8 Å². The molecule has 3 aromatic heterocycles. The number of amides is 1. The Morgan fingerprint density at radius 2 is 2.00 bits per heavy atom. The van der Waals surface area contributed by atoms with E-state index in [0.29, 0.717) is 17.8 Å². The standard InChI is InChI=1S/C18H21N5O/c1-11-4-5-12(2)23(11)18(24)15-8-13(9-22(15)3)16-14-6-7-19-17(14)21-10-20-16/h6-12H,4-5H2,1-3H3,(H,19,20,21)/t11-,12-/m1/s1. The monoisotopic (exact) mass is 323 g/mol. The topological polar surface area (TPSA) is 66.8 Å². The lowest BCUT2D eigenvalue weighted by atomic mass is 10.1. The van der Waals surface area contributed by atoms with Crippen molar-refractivity contribution in [3.05, 3.63) is 36.5 Å². The van der Waals surface area contributed by atoms with Crippen LogP contribution in [0, 0.1) is 0 Å². The highest BCUT2D eigenvalue weighted by Gasteiger charge is 2.33. The lowest BCUT2D eigenvalue weighted by Crippen LogP contribution is -2.39. The van der Waals surface area contributed by atoms with Crippen molar-refractivity contribution in [2.45, 2.75) is 38.8 Å². The minimum absolute atomic E-state index is 0.0978. The van der Waals surface area contributed by atoms with Crippen LogP contribution < -0.4 is 0 Å². The maximum absolute atomic E-state index is 13.0. The number of aryl methyl sites for hydroxylation is 1. The van der Waals surface area contributed by atoms with E-state index in [1.165, 1.54) is 0 Å². The Balaban J connectivity index is 1.75. The molecule has 0 aliphatic carbocycles. The van der Waals surface area contributed by atoms with Crippen LogP contribution in [-0.2, 0) is 7.05 Å². The molecule has 24 heavy (non-hydrogen) atoms. The molecular formula is C18H21N5O. The van der Waals surface area contributed by atoms with E-state index in [1.807, 2.05) is 41.0 Å². The number of hydrogen-bond donors (Lipinski definition) is 1. The number of rotatable bonds is 2. The zero-order valence-electron chi connectivity index (χ0n) is 14.2. The third-order valence-electron chi connectivity index (χ3n) is 5.04. The molecule has 0 saturated carbocycles. The Hall–Kier alpha value is -2.63. The van der Waals surface area contributed by atoms with Gasteiger partial charge in [0, 0.05) is 42.5 Å². The van der Waals surface area contributed by atoms with Gasteiger partial charge in [-0.1, -0.05) is 0 Å². The van der Waals surface area contributed by atoms with Crippen LogP contribution in [0.5, 0.6) is 0 Å². The first-order valence-electron chi connectivity index (χ1n) is 8.33. The number of carbonyl (C=O) groups is 1. The van der Waals surface area contributed by atoms with Gasteiger partial charge in [0.15, 0.2) is 0 Å². The molecule has 6 heteroatoms. The van der Waals surface area contributed by atoms with Gasteiger partial charge >= 0.3 is 0 Å². The number of carbonyl (C=O) groups excluding carboxylic acids is 1. The Labute approximate surface area is 140 Å². The lowest BCUT2D eigenvalue weighted by molar-refractivity contribution is 0.0683. The second-order valence-corrected chi connectivity index (χ2v) is 6.67. The van der Waals surface area contributed by atoms with E-state index in [1.54, 1.807) is 6.33 Å². The Morgan fingerprint density at radius 3 is 2.75 bits per heavy atom. The predicted octanol–water partition coefficient (Wildman–Crippen LogP) is 2.98. The normalized spacial score (nSPS) is 20.9. The van der Waals surface area contributed by atoms with Gasteiger partial charge in [-0.05, 0) is 38.8 Å². The van der Waals surface area contributed by atoms with Crippen molar-refractivity contribution in [2.75, 3.05) is 0 Å². The molecule has 1 amide bonds. The molecule has 0 bridgehead atoms. The third-order valence-corrected chi connectivity index (χ3v) is 5.04. The zero-order valence-corrected chi connectivity index (χ0v) is 14.2. The molecule has 4 rings (SSSR count). The van der Waals surface area contributed by atoms with Gasteiger partial charge in [0.1, 0.15) is 17.7 Å². The number of aromatic nitrogens is 4. The fraction of sp³-hybridized carbons (Fsp3) is 0.389. The molecule has 3 aromatic rings. The van der Waals surface area contributed by atoms with Gasteiger partial charge in [-0.2, -0.15) is 0 Å². The fourth-order valence-electron chi connectivity index (χ4n) is 3.74. The molecule has 1 aliphatic rings. The van der Waals surface area contributed by atoms with Gasteiger partial charge in [0.25, 0.3) is 5.91 Å². The molecule has 0 unspecified atom stereocenters. The van der Waals surface area contributed by atoms with E-state index >= 15 is 0 Å². The van der Waals surface area contributed by atoms with Crippen LogP contribution >= 0.6 is 0 Å². The number of fused-ring (bicyclic) bond motifs is 1. The molecule has 1 aliphatic heterocycles. The van der Waals surface area contributed by atoms with Gasteiger partial charge in [-0.25, -0.2) is 9.97 Å². The maximum atomic E-state index is 13.0. The average Bonchev–Trinajstić information content (AvgIpc) is 3.25. The number of aromatic amines is 1. The van der Waals surface area contributed by atoms with Crippen molar-refractivity contribution in [3.8, 4) is 11.3 Å². The van der Waals surface area contributed by atoms with E-state index in [4.69, 9.17) is 0 Å². The van der Waals surface area contributed by atoms with E-state index in [0.717, 1.165) is 35.1 Å². The molecule has 1 N–H and O–H groups in total. The summed E-state index contributed by atoms with van der Waals surface area (Å²) in [7, 11) is 1.91. The summed E-state index contributed by atoms with van der Waals surface area (Å²) >= 11 is 0. The van der Waals surface area contributed by atoms with Crippen LogP contribution in [0.2, 0.25) is 0 Å². The lowest BCUT2D eigenvalue weighted by Gasteiger charge is -2.26. The van der Waals surface area contributed by atoms with Gasteiger partial charge in [-0.3, -0.25) is 4.79 Å². The van der Waals surface area contributed by atoms with Crippen molar-refractivity contribution < 1.29 is 4.79 Å². The Kier molecular flexibility index (Phi) is 3.40. The van der Waals surface area contributed by atoms with Crippen LogP contribution in [0.25, 0.3) is 22.3 Å². The maximum Gasteiger partial charge on any atom is 0.270 e. The van der Waals surface area contributed by atoms with Gasteiger partial charge in [0.2, 0.25) is 0 Å². The minimum Gasteiger partial charge on any atom is -0.346 e. The van der Waals surface area contributed by atoms with Crippen LogP contribution in [0.3, 0.4) is 0 Å². The highest BCUT2D eigenvalue weighted by molar-refractivity contribution is 5.97. The van der Waals surface area contributed by atoms with Crippen molar-refractivity contribution >= 4 is 16.9 Å². The predicted molar refractivity (Wildman–Crippen MR) is 92.6 cm³/mol. The molecule has 6 nitrogen and oxygen atoms in total. The van der Waals surface area contributed by atoms with Crippen molar-refractivity contribution in [3.63, 3.8) is 0 Å². The molecule has 0 aromatic carbocycles. The quantitative estimate of drug-likeness (QED) is 0.788. The highest BCUT2D eigenvalue weighted by atomic mass is 16.2. The van der Waals surface area contributed by atoms with E-state index in [9.17, 15) is 4.79 Å². The number of nitrogens with one attached hydrogen (secondary N) is 1. The Morgan fingerprint density at radius 1 is 1.25 bits per heavy atom. The van der Waals surface area contributed by atoms with Crippen LogP contribution in [0.4, 0.5) is 0 Å². The third kappa shape index (κ3) is 2.21. The first kappa shape index (κ1) is 14.9. The summed E-state index contributed by atoms with van der Waals surface area (Å²) in [6.45, 7) is 4.25. The summed E-state index contributed by atoms with van der Waals surface area (Å²) in [5.74, 6) is 0.0978. The molecule has 0 spiro atoms. The zero-order chi connectivity index (χ0) is 16.8. The SMILES string of the molecule is C[C@@H]1CC[C@@H](C)N1C(=O)c1cc(-c2ncnc3[nH]ccc23)cn1C. The Bertz CT molecular complexity index is 899. The summed E-state index contributed by atoms with van der Waals surface area (Å²) in [6.07, 6.45) is 7.51. The summed E-state index contributed by atoms with van der Waals surface area (Å²) in [4.78, 5) is 26.8. The first-order valence-corrected chi connectivity index (χ1v) is 8.33. The largest absolute Gasteiger partial charge is 0.346 e. The minimum atomic E-state index is 0.0978. The molecule has 1 fully saturated rings. The van der Waals surface area contributed by atoms with Crippen LogP contribution in [0.15, 0.2) is 30.9 Å². The van der Waals surface area contributed by atoms with E-state index < -0.39 is 0 Å². The number of likely N-dealkylation sites (tertiary alicyclic amines) is 1. The van der Waals surface area contributed by atoms with Crippen molar-refractivity contribution in [1.82, 2.24) is 24.4 Å². The molecular weight excluding hydrogens is 302 g/mol. The van der Waals surface area contributed by atoms with Crippen LogP contribution in [0.1, 0.15) is 37.2 Å². The first-order chi connectivity index (χ1) is 11.6. The molecule has 124 valence electrons. The molecule has 2 atom stereocenters. The second-order valence-electron chi connectivity index (χ2n) is 6.67. The highest BCUT2D eigenvalue weighted by Crippen LogP contribution is 2.29.